The van der Waals surface area contributed by atoms with Crippen molar-refractivity contribution in [3.8, 4) is 23.0 Å². The molecule has 0 saturated heterocycles. The molecule has 6 rings (SSSR count). The van der Waals surface area contributed by atoms with Crippen LogP contribution in [0.4, 0.5) is 0 Å². The molecule has 1 aromatic heterocycles. The third-order valence-corrected chi connectivity index (χ3v) is 8.29. The van der Waals surface area contributed by atoms with Gasteiger partial charge in [-0.05, 0) is 74.7 Å². The Morgan fingerprint density at radius 3 is 2.55 bits per heavy atom. The molecule has 0 spiro atoms. The second kappa shape index (κ2) is 12.4. The number of hydrogen-bond donors (Lipinski definition) is 0. The summed E-state index contributed by atoms with van der Waals surface area (Å²) in [5.74, 6) is 2.08. The minimum Gasteiger partial charge on any atom is -0.490 e. The third-order valence-electron chi connectivity index (χ3n) is 7.31. The Labute approximate surface area is 258 Å². The summed E-state index contributed by atoms with van der Waals surface area (Å²) in [6.45, 7) is 8.63. The van der Waals surface area contributed by atoms with Crippen LogP contribution in [0.15, 0.2) is 81.7 Å². The van der Waals surface area contributed by atoms with E-state index in [0.29, 0.717) is 51.1 Å². The van der Waals surface area contributed by atoms with E-state index in [1.54, 1.807) is 18.4 Å². The SMILES string of the molecule is CCOC(=O)C1=C(C)N=c2s/c(=C/c3ccc(OCc4ccc5c(c4)OCO5)c(OCC)c3)c(=O)n2[C@@H]1c1ccc(C)cc1. The van der Waals surface area contributed by atoms with Crippen LogP contribution < -0.4 is 33.8 Å². The van der Waals surface area contributed by atoms with E-state index in [1.165, 1.54) is 11.3 Å². The Morgan fingerprint density at radius 2 is 1.77 bits per heavy atom. The first-order valence-electron chi connectivity index (χ1n) is 14.4. The zero-order valence-electron chi connectivity index (χ0n) is 24.9. The van der Waals surface area contributed by atoms with E-state index in [2.05, 4.69) is 4.99 Å². The fourth-order valence-corrected chi connectivity index (χ4v) is 6.25. The molecule has 10 heteroatoms. The molecule has 4 aromatic rings. The molecular formula is C34H32N2O7S. The van der Waals surface area contributed by atoms with Crippen LogP contribution >= 0.6 is 11.3 Å². The lowest BCUT2D eigenvalue weighted by molar-refractivity contribution is -0.139. The molecule has 9 nitrogen and oxygen atoms in total. The fraction of sp³-hybridized carbons (Fsp3) is 0.265. The molecule has 0 bridgehead atoms. The highest BCUT2D eigenvalue weighted by atomic mass is 32.1. The minimum absolute atomic E-state index is 0.215. The summed E-state index contributed by atoms with van der Waals surface area (Å²) in [4.78, 5) is 32.2. The van der Waals surface area contributed by atoms with Gasteiger partial charge in [0.05, 0.1) is 35.1 Å². The van der Waals surface area contributed by atoms with Crippen LogP contribution in [-0.2, 0) is 16.1 Å². The molecule has 0 amide bonds. The number of ether oxygens (including phenoxy) is 5. The van der Waals surface area contributed by atoms with Crippen molar-refractivity contribution < 1.29 is 28.5 Å². The first-order chi connectivity index (χ1) is 21.4. The van der Waals surface area contributed by atoms with E-state index < -0.39 is 12.0 Å². The van der Waals surface area contributed by atoms with E-state index in [9.17, 15) is 9.59 Å². The van der Waals surface area contributed by atoms with Crippen molar-refractivity contribution >= 4 is 23.4 Å². The predicted octanol–water partition coefficient (Wildman–Crippen LogP) is 4.81. The monoisotopic (exact) mass is 612 g/mol. The summed E-state index contributed by atoms with van der Waals surface area (Å²) in [5, 5.41) is 0. The smallest absolute Gasteiger partial charge is 0.338 e. The van der Waals surface area contributed by atoms with E-state index in [1.807, 2.05) is 80.6 Å². The topological polar surface area (TPSA) is 97.6 Å². The van der Waals surface area contributed by atoms with E-state index >= 15 is 0 Å². The molecule has 226 valence electrons. The fourth-order valence-electron chi connectivity index (χ4n) is 5.20. The molecular weight excluding hydrogens is 580 g/mol. The van der Waals surface area contributed by atoms with Gasteiger partial charge in [0.25, 0.3) is 5.56 Å². The van der Waals surface area contributed by atoms with Crippen LogP contribution in [0.25, 0.3) is 6.08 Å². The second-order valence-electron chi connectivity index (χ2n) is 10.3. The Kier molecular flexibility index (Phi) is 8.25. The molecule has 0 saturated carbocycles. The van der Waals surface area contributed by atoms with Gasteiger partial charge in [-0.15, -0.1) is 0 Å². The summed E-state index contributed by atoms with van der Waals surface area (Å²) in [6.07, 6.45) is 1.81. The van der Waals surface area contributed by atoms with Crippen LogP contribution in [0.5, 0.6) is 23.0 Å². The number of hydrogen-bond acceptors (Lipinski definition) is 9. The lowest BCUT2D eigenvalue weighted by Gasteiger charge is -2.24. The van der Waals surface area contributed by atoms with Crippen molar-refractivity contribution in [1.82, 2.24) is 4.57 Å². The number of fused-ring (bicyclic) bond motifs is 2. The number of nitrogens with zero attached hydrogens (tertiary/aromatic N) is 2. The van der Waals surface area contributed by atoms with Crippen molar-refractivity contribution in [2.75, 3.05) is 20.0 Å². The Hall–Kier alpha value is -4.83. The molecule has 3 heterocycles. The Balaban J connectivity index is 1.35. The van der Waals surface area contributed by atoms with Crippen molar-refractivity contribution in [2.24, 2.45) is 4.99 Å². The Morgan fingerprint density at radius 1 is 0.977 bits per heavy atom. The van der Waals surface area contributed by atoms with Crippen LogP contribution in [0.3, 0.4) is 0 Å². The van der Waals surface area contributed by atoms with Gasteiger partial charge in [-0.2, -0.15) is 0 Å². The van der Waals surface area contributed by atoms with Crippen molar-refractivity contribution in [3.05, 3.63) is 114 Å². The van der Waals surface area contributed by atoms with Gasteiger partial charge in [-0.1, -0.05) is 53.3 Å². The van der Waals surface area contributed by atoms with Gasteiger partial charge >= 0.3 is 5.97 Å². The maximum Gasteiger partial charge on any atom is 0.338 e. The summed E-state index contributed by atoms with van der Waals surface area (Å²) in [5.41, 5.74) is 4.23. The highest BCUT2D eigenvalue weighted by Crippen LogP contribution is 2.34. The molecule has 3 aromatic carbocycles. The summed E-state index contributed by atoms with van der Waals surface area (Å²) >= 11 is 1.28. The standard InChI is InChI=1S/C34H32N2O7S/c1-5-39-27-15-22(9-13-25(27)41-18-23-10-14-26-28(16-23)43-19-42-26)17-29-32(37)36-31(24-11-7-20(3)8-12-24)30(33(38)40-6-2)21(4)35-34(36)44-29/h7-17,31H,5-6,18-19H2,1-4H3/b29-17+/t31-/m1/s1. The number of carbonyl (C=O) groups is 1. The molecule has 0 fully saturated rings. The number of benzene rings is 3. The second-order valence-corrected chi connectivity index (χ2v) is 11.3. The van der Waals surface area contributed by atoms with Gasteiger partial charge in [0.15, 0.2) is 27.8 Å². The Bertz CT molecular complexity index is 1940. The predicted molar refractivity (Wildman–Crippen MR) is 166 cm³/mol. The number of allylic oxidation sites excluding steroid dienone is 1. The van der Waals surface area contributed by atoms with Gasteiger partial charge in [-0.25, -0.2) is 9.79 Å². The van der Waals surface area contributed by atoms with Crippen molar-refractivity contribution in [3.63, 3.8) is 0 Å². The maximum absolute atomic E-state index is 14.0. The average molecular weight is 613 g/mol. The summed E-state index contributed by atoms with van der Waals surface area (Å²) in [6, 6.07) is 18.4. The van der Waals surface area contributed by atoms with Crippen LogP contribution in [0, 0.1) is 6.92 Å². The molecule has 0 unspecified atom stereocenters. The number of aromatic nitrogens is 1. The number of thiazole rings is 1. The van der Waals surface area contributed by atoms with Gasteiger partial charge in [0.2, 0.25) is 6.79 Å². The van der Waals surface area contributed by atoms with E-state index in [-0.39, 0.29) is 19.0 Å². The van der Waals surface area contributed by atoms with Crippen LogP contribution in [0.1, 0.15) is 49.1 Å². The first kappa shape index (κ1) is 29.3. The number of rotatable bonds is 9. The summed E-state index contributed by atoms with van der Waals surface area (Å²) in [7, 11) is 0. The molecule has 1 atom stereocenters. The summed E-state index contributed by atoms with van der Waals surface area (Å²) < 4.78 is 30.3. The van der Waals surface area contributed by atoms with Gasteiger partial charge in [0.1, 0.15) is 6.61 Å². The first-order valence-corrected chi connectivity index (χ1v) is 15.2. The quantitative estimate of drug-likeness (QED) is 0.250. The highest BCUT2D eigenvalue weighted by molar-refractivity contribution is 7.07. The molecule has 0 aliphatic carbocycles. The largest absolute Gasteiger partial charge is 0.490 e. The molecule has 2 aliphatic heterocycles. The molecule has 0 N–H and O–H groups in total. The van der Waals surface area contributed by atoms with Crippen LogP contribution in [-0.4, -0.2) is 30.5 Å². The lowest BCUT2D eigenvalue weighted by atomic mass is 9.95. The van der Waals surface area contributed by atoms with Crippen molar-refractivity contribution in [1.29, 1.82) is 0 Å². The van der Waals surface area contributed by atoms with Gasteiger partial charge in [-0.3, -0.25) is 9.36 Å². The third kappa shape index (κ3) is 5.72. The van der Waals surface area contributed by atoms with Crippen molar-refractivity contribution in [2.45, 2.75) is 40.3 Å². The van der Waals surface area contributed by atoms with Gasteiger partial charge < -0.3 is 23.7 Å². The molecule has 2 aliphatic rings. The number of carbonyl (C=O) groups excluding carboxylic acids is 1. The zero-order chi connectivity index (χ0) is 30.8. The minimum atomic E-state index is -0.654. The zero-order valence-corrected chi connectivity index (χ0v) is 25.7. The van der Waals surface area contributed by atoms with E-state index in [4.69, 9.17) is 23.7 Å². The van der Waals surface area contributed by atoms with E-state index in [0.717, 1.165) is 28.0 Å². The number of esters is 1. The molecule has 0 radical (unpaired) electrons. The van der Waals surface area contributed by atoms with Gasteiger partial charge in [0, 0.05) is 0 Å². The lowest BCUT2D eigenvalue weighted by Crippen LogP contribution is -2.39. The average Bonchev–Trinajstić information content (AvgIpc) is 3.60. The normalized spacial score (nSPS) is 15.5. The number of aryl methyl sites for hydroxylation is 1. The van der Waals surface area contributed by atoms with Crippen LogP contribution in [0.2, 0.25) is 0 Å². The maximum atomic E-state index is 14.0. The molecule has 44 heavy (non-hydrogen) atoms. The highest BCUT2D eigenvalue weighted by Gasteiger charge is 2.33.